The Labute approximate surface area is 171 Å². The van der Waals surface area contributed by atoms with Gasteiger partial charge in [-0.2, -0.15) is 11.0 Å². The van der Waals surface area contributed by atoms with Crippen LogP contribution in [0.1, 0.15) is 142 Å². The van der Waals surface area contributed by atoms with Gasteiger partial charge in [0.2, 0.25) is 0 Å². The van der Waals surface area contributed by atoms with Crippen LogP contribution in [0, 0.1) is 0 Å². The van der Waals surface area contributed by atoms with Crippen molar-refractivity contribution in [1.82, 2.24) is 11.0 Å². The van der Waals surface area contributed by atoms with E-state index in [2.05, 4.69) is 24.8 Å². The molecule has 0 aliphatic carbocycles. The third kappa shape index (κ3) is 25.9. The molecule has 0 aliphatic heterocycles. The van der Waals surface area contributed by atoms with Crippen molar-refractivity contribution in [2.75, 3.05) is 13.1 Å². The predicted molar refractivity (Wildman–Crippen MR) is 121 cm³/mol. The summed E-state index contributed by atoms with van der Waals surface area (Å²) in [6, 6.07) is 0. The molecule has 0 saturated heterocycles. The highest BCUT2D eigenvalue weighted by molar-refractivity contribution is 4.49. The molecular formula is C24H52N2O. The maximum atomic E-state index is 5.30. The van der Waals surface area contributed by atoms with Crippen LogP contribution >= 0.6 is 0 Å². The fourth-order valence-corrected chi connectivity index (χ4v) is 3.52. The van der Waals surface area contributed by atoms with Gasteiger partial charge in [-0.25, -0.2) is 4.94 Å². The summed E-state index contributed by atoms with van der Waals surface area (Å²) in [6.07, 6.45) is 27.6. The molecular weight excluding hydrogens is 332 g/mol. The summed E-state index contributed by atoms with van der Waals surface area (Å²) in [6.45, 7) is 6.49. The average molecular weight is 385 g/mol. The first-order valence-corrected chi connectivity index (χ1v) is 12.5. The van der Waals surface area contributed by atoms with Crippen LogP contribution in [0.2, 0.25) is 0 Å². The first-order chi connectivity index (χ1) is 13.4. The van der Waals surface area contributed by atoms with Crippen LogP contribution < -0.4 is 11.0 Å². The maximum absolute atomic E-state index is 5.30. The van der Waals surface area contributed by atoms with E-state index in [0.717, 1.165) is 13.1 Å². The first kappa shape index (κ1) is 26.9. The van der Waals surface area contributed by atoms with E-state index in [-0.39, 0.29) is 0 Å². The van der Waals surface area contributed by atoms with Gasteiger partial charge in [0, 0.05) is 13.1 Å². The molecule has 0 heterocycles. The molecule has 0 rings (SSSR count). The molecule has 164 valence electrons. The second-order valence-electron chi connectivity index (χ2n) is 8.25. The maximum Gasteiger partial charge on any atom is 0.0229 e. The summed E-state index contributed by atoms with van der Waals surface area (Å²) < 4.78 is 0. The van der Waals surface area contributed by atoms with Gasteiger partial charge in [0.05, 0.1) is 0 Å². The van der Waals surface area contributed by atoms with Crippen molar-refractivity contribution < 1.29 is 4.94 Å². The van der Waals surface area contributed by atoms with Crippen molar-refractivity contribution in [1.29, 1.82) is 0 Å². The molecule has 0 fully saturated rings. The molecule has 3 heteroatoms. The van der Waals surface area contributed by atoms with Crippen molar-refractivity contribution in [2.24, 2.45) is 0 Å². The molecule has 3 nitrogen and oxygen atoms in total. The third-order valence-electron chi connectivity index (χ3n) is 5.41. The number of rotatable bonds is 24. The molecule has 0 amide bonds. The number of nitrogens with one attached hydrogen (secondary N) is 2. The van der Waals surface area contributed by atoms with Crippen molar-refractivity contribution in [3.63, 3.8) is 0 Å². The number of hydroxylamine groups is 2. The lowest BCUT2D eigenvalue weighted by Gasteiger charge is -2.07. The van der Waals surface area contributed by atoms with Gasteiger partial charge in [0.1, 0.15) is 0 Å². The monoisotopic (exact) mass is 384 g/mol. The van der Waals surface area contributed by atoms with Crippen molar-refractivity contribution in [3.05, 3.63) is 0 Å². The summed E-state index contributed by atoms with van der Waals surface area (Å²) in [5, 5.41) is 0. The van der Waals surface area contributed by atoms with E-state index in [1.807, 2.05) is 0 Å². The van der Waals surface area contributed by atoms with Crippen molar-refractivity contribution in [3.8, 4) is 0 Å². The minimum absolute atomic E-state index is 0.960. The fraction of sp³-hybridized carbons (Fsp3) is 1.00. The topological polar surface area (TPSA) is 33.3 Å². The second-order valence-corrected chi connectivity index (χ2v) is 8.25. The molecule has 0 bridgehead atoms. The normalized spacial score (nSPS) is 11.3. The third-order valence-corrected chi connectivity index (χ3v) is 5.41. The molecule has 0 unspecified atom stereocenters. The van der Waals surface area contributed by atoms with E-state index >= 15 is 0 Å². The Balaban J connectivity index is 2.95. The lowest BCUT2D eigenvalue weighted by molar-refractivity contribution is -0.0387. The van der Waals surface area contributed by atoms with E-state index in [0.29, 0.717) is 0 Å². The van der Waals surface area contributed by atoms with Gasteiger partial charge in [-0.15, -0.1) is 0 Å². The van der Waals surface area contributed by atoms with Gasteiger partial charge in [-0.3, -0.25) is 0 Å². The molecule has 0 spiro atoms. The van der Waals surface area contributed by atoms with Crippen LogP contribution in [0.5, 0.6) is 0 Å². The fourth-order valence-electron chi connectivity index (χ4n) is 3.52. The van der Waals surface area contributed by atoms with Gasteiger partial charge in [-0.1, -0.05) is 129 Å². The van der Waals surface area contributed by atoms with E-state index in [1.54, 1.807) is 0 Å². The molecule has 0 aromatic rings. The number of unbranched alkanes of at least 4 members (excludes halogenated alkanes) is 18. The van der Waals surface area contributed by atoms with E-state index in [4.69, 9.17) is 4.94 Å². The van der Waals surface area contributed by atoms with Crippen LogP contribution in [0.3, 0.4) is 0 Å². The van der Waals surface area contributed by atoms with Crippen LogP contribution in [-0.4, -0.2) is 13.1 Å². The minimum atomic E-state index is 0.960. The number of hydrogen-bond donors (Lipinski definition) is 2. The first-order valence-electron chi connectivity index (χ1n) is 12.5. The van der Waals surface area contributed by atoms with E-state index in [1.165, 1.54) is 128 Å². The zero-order chi connectivity index (χ0) is 19.7. The molecule has 0 atom stereocenters. The van der Waals surface area contributed by atoms with Gasteiger partial charge >= 0.3 is 0 Å². The molecule has 2 N–H and O–H groups in total. The Bertz CT molecular complexity index is 225. The van der Waals surface area contributed by atoms with Gasteiger partial charge in [0.15, 0.2) is 0 Å². The average Bonchev–Trinajstić information content (AvgIpc) is 2.68. The van der Waals surface area contributed by atoms with Gasteiger partial charge in [-0.05, 0) is 12.8 Å². The van der Waals surface area contributed by atoms with Crippen LogP contribution in [0.4, 0.5) is 0 Å². The number of hydrogen-bond acceptors (Lipinski definition) is 3. The highest BCUT2D eigenvalue weighted by Gasteiger charge is 1.94. The van der Waals surface area contributed by atoms with Crippen LogP contribution in [0.15, 0.2) is 0 Å². The largest absolute Gasteiger partial charge is 0.214 e. The highest BCUT2D eigenvalue weighted by atomic mass is 16.8. The minimum Gasteiger partial charge on any atom is -0.214 e. The van der Waals surface area contributed by atoms with Crippen LogP contribution in [-0.2, 0) is 4.94 Å². The van der Waals surface area contributed by atoms with Crippen LogP contribution in [0.25, 0.3) is 0 Å². The standard InChI is InChI=1S/C24H52N2O/c1-3-5-7-9-11-13-15-17-19-21-23-25-27-26-24-22-20-18-16-14-12-10-8-6-4-2/h25-26H,3-24H2,1-2H3. The van der Waals surface area contributed by atoms with Crippen molar-refractivity contribution in [2.45, 2.75) is 142 Å². The predicted octanol–water partition coefficient (Wildman–Crippen LogP) is 7.85. The Kier molecular flexibility index (Phi) is 25.8. The molecule has 0 aromatic heterocycles. The molecule has 27 heavy (non-hydrogen) atoms. The second kappa shape index (κ2) is 25.9. The smallest absolute Gasteiger partial charge is 0.0229 e. The summed E-state index contributed by atoms with van der Waals surface area (Å²) in [5.41, 5.74) is 6.07. The molecule has 0 aromatic carbocycles. The lowest BCUT2D eigenvalue weighted by Crippen LogP contribution is -2.27. The Morgan fingerprint density at radius 3 is 0.926 bits per heavy atom. The summed E-state index contributed by atoms with van der Waals surface area (Å²) >= 11 is 0. The Morgan fingerprint density at radius 2 is 0.630 bits per heavy atom. The SMILES string of the molecule is CCCCCCCCCCCCNONCCCCCCCCCCCC. The Hall–Kier alpha value is -0.120. The highest BCUT2D eigenvalue weighted by Crippen LogP contribution is 2.11. The Morgan fingerprint density at radius 1 is 0.370 bits per heavy atom. The van der Waals surface area contributed by atoms with Gasteiger partial charge < -0.3 is 0 Å². The van der Waals surface area contributed by atoms with Gasteiger partial charge in [0.25, 0.3) is 0 Å². The molecule has 0 aliphatic rings. The zero-order valence-corrected chi connectivity index (χ0v) is 19.0. The lowest BCUT2D eigenvalue weighted by atomic mass is 10.1. The quantitative estimate of drug-likeness (QED) is 0.131. The molecule has 0 saturated carbocycles. The van der Waals surface area contributed by atoms with E-state index in [9.17, 15) is 0 Å². The van der Waals surface area contributed by atoms with E-state index < -0.39 is 0 Å². The summed E-state index contributed by atoms with van der Waals surface area (Å²) in [7, 11) is 0. The summed E-state index contributed by atoms with van der Waals surface area (Å²) in [4.78, 5) is 5.30. The molecule has 0 radical (unpaired) electrons. The van der Waals surface area contributed by atoms with Crippen molar-refractivity contribution >= 4 is 0 Å². The summed E-state index contributed by atoms with van der Waals surface area (Å²) in [5.74, 6) is 0. The zero-order valence-electron chi connectivity index (χ0n) is 19.0.